The molecule has 0 saturated heterocycles. The Balaban J connectivity index is 3.11. The van der Waals surface area contributed by atoms with Crippen LogP contribution in [0.25, 0.3) is 0 Å². The number of rotatable bonds is 5. The molecule has 0 radical (unpaired) electrons. The molecule has 11 nitrogen and oxygen atoms in total. The first kappa shape index (κ1) is 17.8. The van der Waals surface area contributed by atoms with E-state index in [4.69, 9.17) is 5.11 Å². The van der Waals surface area contributed by atoms with Crippen molar-refractivity contribution in [2.45, 2.75) is 13.3 Å². The molecule has 0 bridgehead atoms. The van der Waals surface area contributed by atoms with Crippen molar-refractivity contribution >= 4 is 23.6 Å². The van der Waals surface area contributed by atoms with Crippen molar-refractivity contribution in [3.63, 3.8) is 0 Å². The van der Waals surface area contributed by atoms with E-state index in [9.17, 15) is 29.8 Å². The molecule has 0 spiro atoms. The summed E-state index contributed by atoms with van der Waals surface area (Å²) < 4.78 is 4.31. The largest absolute Gasteiger partial charge is 0.465 e. The minimum absolute atomic E-state index is 0.0545. The van der Waals surface area contributed by atoms with Crippen molar-refractivity contribution < 1.29 is 29.3 Å². The molecule has 1 aromatic rings. The summed E-state index contributed by atoms with van der Waals surface area (Å²) in [7, 11) is 1.01. The lowest BCUT2D eigenvalue weighted by atomic mass is 10.1. The van der Waals surface area contributed by atoms with Crippen LogP contribution in [0.1, 0.15) is 11.1 Å². The Kier molecular flexibility index (Phi) is 5.54. The molecule has 0 unspecified atom stereocenters. The highest BCUT2D eigenvalue weighted by atomic mass is 16.6. The first-order valence-corrected chi connectivity index (χ1v) is 6.19. The monoisotopic (exact) mass is 327 g/mol. The van der Waals surface area contributed by atoms with Gasteiger partial charge in [0.05, 0.1) is 17.0 Å². The zero-order chi connectivity index (χ0) is 17.7. The smallest absolute Gasteiger partial charge is 0.419 e. The van der Waals surface area contributed by atoms with Gasteiger partial charge in [-0.25, -0.2) is 14.5 Å². The van der Waals surface area contributed by atoms with E-state index >= 15 is 0 Å². The summed E-state index contributed by atoms with van der Waals surface area (Å²) in [6, 6.07) is 2.32. The van der Waals surface area contributed by atoms with Crippen molar-refractivity contribution in [2.75, 3.05) is 13.7 Å². The van der Waals surface area contributed by atoms with E-state index in [2.05, 4.69) is 4.74 Å². The number of methoxy groups -OCH3 is 1. The first-order valence-electron chi connectivity index (χ1n) is 6.19. The highest BCUT2D eigenvalue weighted by molar-refractivity contribution is 5.86. The van der Waals surface area contributed by atoms with Crippen molar-refractivity contribution in [3.05, 3.63) is 43.5 Å². The van der Waals surface area contributed by atoms with Crippen LogP contribution < -0.4 is 0 Å². The Morgan fingerprint density at radius 1 is 1.26 bits per heavy atom. The number of nitro groups is 2. The van der Waals surface area contributed by atoms with Crippen molar-refractivity contribution in [3.8, 4) is 0 Å². The van der Waals surface area contributed by atoms with E-state index in [0.717, 1.165) is 13.2 Å². The van der Waals surface area contributed by atoms with Crippen molar-refractivity contribution in [1.29, 1.82) is 0 Å². The van der Waals surface area contributed by atoms with Crippen molar-refractivity contribution in [1.82, 2.24) is 4.90 Å². The number of amides is 2. The van der Waals surface area contributed by atoms with Gasteiger partial charge in [0.1, 0.15) is 0 Å². The van der Waals surface area contributed by atoms with Crippen LogP contribution >= 0.6 is 0 Å². The average molecular weight is 327 g/mol. The molecule has 0 fully saturated rings. The third kappa shape index (κ3) is 4.12. The van der Waals surface area contributed by atoms with Gasteiger partial charge in [0.25, 0.3) is 0 Å². The number of carbonyl (C=O) groups excluding carboxylic acids is 1. The molecule has 0 aromatic heterocycles. The van der Waals surface area contributed by atoms with Crippen LogP contribution in [0.2, 0.25) is 0 Å². The van der Waals surface area contributed by atoms with Crippen LogP contribution in [0.15, 0.2) is 12.1 Å². The zero-order valence-corrected chi connectivity index (χ0v) is 12.2. The second-order valence-corrected chi connectivity index (χ2v) is 4.45. The van der Waals surface area contributed by atoms with Crippen LogP contribution in [-0.2, 0) is 11.2 Å². The van der Waals surface area contributed by atoms with Gasteiger partial charge < -0.3 is 9.84 Å². The Hall–Kier alpha value is -3.24. The molecule has 0 aliphatic carbocycles. The van der Waals surface area contributed by atoms with Crippen LogP contribution in [0.5, 0.6) is 0 Å². The third-order valence-electron chi connectivity index (χ3n) is 2.97. The number of hydrogen-bond donors (Lipinski definition) is 1. The normalized spacial score (nSPS) is 10.0. The highest BCUT2D eigenvalue weighted by Crippen LogP contribution is 2.31. The summed E-state index contributed by atoms with van der Waals surface area (Å²) in [5.74, 6) is 0. The molecule has 0 heterocycles. The lowest BCUT2D eigenvalue weighted by Crippen LogP contribution is -2.37. The molecule has 1 aromatic carbocycles. The van der Waals surface area contributed by atoms with Gasteiger partial charge in [-0.1, -0.05) is 0 Å². The number of ether oxygens (including phenoxy) is 1. The standard InChI is InChI=1S/C12H13N3O8/c1-7-5-8(3-4-13(11(16)17)12(18)23-2)6-9(14(19)20)10(7)15(21)22/h5-6H,3-4H2,1-2H3,(H,16,17). The van der Waals surface area contributed by atoms with Gasteiger partial charge in [-0.3, -0.25) is 20.2 Å². The molecule has 124 valence electrons. The van der Waals surface area contributed by atoms with Gasteiger partial charge in [0.15, 0.2) is 0 Å². The molecule has 11 heteroatoms. The highest BCUT2D eigenvalue weighted by Gasteiger charge is 2.28. The summed E-state index contributed by atoms with van der Waals surface area (Å²) >= 11 is 0. The van der Waals surface area contributed by atoms with Crippen LogP contribution in [0.3, 0.4) is 0 Å². The number of nitro benzene ring substituents is 2. The zero-order valence-electron chi connectivity index (χ0n) is 12.2. The topological polar surface area (TPSA) is 153 Å². The lowest BCUT2D eigenvalue weighted by molar-refractivity contribution is -0.422. The quantitative estimate of drug-likeness (QED) is 0.637. The fraction of sp³-hybridized carbons (Fsp3) is 0.333. The predicted octanol–water partition coefficient (Wildman–Crippen LogP) is 2.10. The summed E-state index contributed by atoms with van der Waals surface area (Å²) in [6.45, 7) is 1.03. The molecule has 0 aliphatic rings. The molecule has 0 atom stereocenters. The summed E-state index contributed by atoms with van der Waals surface area (Å²) in [5, 5.41) is 30.7. The lowest BCUT2D eigenvalue weighted by Gasteiger charge is -2.15. The number of nitrogens with zero attached hydrogens (tertiary/aromatic N) is 3. The Morgan fingerprint density at radius 2 is 1.87 bits per heavy atom. The van der Waals surface area contributed by atoms with Gasteiger partial charge in [-0.2, -0.15) is 0 Å². The van der Waals surface area contributed by atoms with E-state index in [1.54, 1.807) is 0 Å². The van der Waals surface area contributed by atoms with Crippen LogP contribution in [0, 0.1) is 27.2 Å². The first-order chi connectivity index (χ1) is 10.7. The summed E-state index contributed by atoms with van der Waals surface area (Å²) in [4.78, 5) is 42.7. The molecule has 0 saturated carbocycles. The Morgan fingerprint density at radius 3 is 2.30 bits per heavy atom. The van der Waals surface area contributed by atoms with Crippen LogP contribution in [-0.4, -0.2) is 45.7 Å². The van der Waals surface area contributed by atoms with Crippen LogP contribution in [0.4, 0.5) is 21.0 Å². The molecule has 23 heavy (non-hydrogen) atoms. The van der Waals surface area contributed by atoms with E-state index in [1.165, 1.54) is 13.0 Å². The SMILES string of the molecule is COC(=O)N(CCc1cc(C)c([N+](=O)[O-])c([N+](=O)[O-])c1)C(=O)O. The maximum Gasteiger partial charge on any atom is 0.419 e. The van der Waals surface area contributed by atoms with Gasteiger partial charge >= 0.3 is 23.6 Å². The van der Waals surface area contributed by atoms with Gasteiger partial charge in [-0.05, 0) is 25.0 Å². The molecule has 0 aliphatic heterocycles. The third-order valence-corrected chi connectivity index (χ3v) is 2.97. The van der Waals surface area contributed by atoms with E-state index in [1.807, 2.05) is 0 Å². The maximum atomic E-state index is 11.3. The van der Waals surface area contributed by atoms with Gasteiger partial charge in [0.2, 0.25) is 0 Å². The molecule has 2 amide bonds. The number of benzene rings is 1. The predicted molar refractivity (Wildman–Crippen MR) is 75.3 cm³/mol. The van der Waals surface area contributed by atoms with Gasteiger partial charge in [-0.15, -0.1) is 0 Å². The molecule has 1 N–H and O–H groups in total. The van der Waals surface area contributed by atoms with E-state index in [0.29, 0.717) is 4.90 Å². The Bertz CT molecular complexity index is 673. The summed E-state index contributed by atoms with van der Waals surface area (Å²) in [6.07, 6.45) is -2.68. The van der Waals surface area contributed by atoms with Crippen molar-refractivity contribution in [2.24, 2.45) is 0 Å². The number of aryl methyl sites for hydroxylation is 1. The molecule has 1 rings (SSSR count). The summed E-state index contributed by atoms with van der Waals surface area (Å²) in [5.41, 5.74) is -0.958. The molecular weight excluding hydrogens is 314 g/mol. The second kappa shape index (κ2) is 7.15. The van der Waals surface area contributed by atoms with Gasteiger partial charge in [0, 0.05) is 18.2 Å². The maximum absolute atomic E-state index is 11.3. The Labute approximate surface area is 129 Å². The van der Waals surface area contributed by atoms with E-state index < -0.39 is 33.4 Å². The molecular formula is C12H13N3O8. The number of hydrogen-bond acceptors (Lipinski definition) is 7. The number of carboxylic acid groups (broad SMARTS) is 1. The second-order valence-electron chi connectivity index (χ2n) is 4.45. The fourth-order valence-corrected chi connectivity index (χ4v) is 1.97. The number of imide groups is 1. The minimum Gasteiger partial charge on any atom is -0.465 e. The van der Waals surface area contributed by atoms with E-state index in [-0.39, 0.29) is 24.1 Å². The minimum atomic E-state index is -1.54. The average Bonchev–Trinajstić information content (AvgIpc) is 2.45. The fourth-order valence-electron chi connectivity index (χ4n) is 1.97. The number of carbonyl (C=O) groups is 2.